The largest absolute Gasteiger partial charge is 0.502 e. The van der Waals surface area contributed by atoms with E-state index in [0.29, 0.717) is 5.56 Å². The fraction of sp³-hybridized carbons (Fsp3) is 0.0526. The van der Waals surface area contributed by atoms with Crippen molar-refractivity contribution in [1.29, 1.82) is 0 Å². The summed E-state index contributed by atoms with van der Waals surface area (Å²) in [5, 5.41) is 29.2. The first-order chi connectivity index (χ1) is 13.0. The number of phenols is 1. The number of hydrogen-bond donors (Lipinski definition) is 3. The van der Waals surface area contributed by atoms with Gasteiger partial charge in [-0.05, 0) is 40.6 Å². The number of nitro benzene ring substituents is 1. The van der Waals surface area contributed by atoms with E-state index in [1.165, 1.54) is 24.4 Å². The molecule has 1 amide bonds. The molecule has 0 aliphatic carbocycles. The monoisotopic (exact) mass is 364 g/mol. The standard InChI is InChI=1S/C19H16N4O4/c24-18-9-13(5-8-17(18)23(26)27)11-21-22-19(25)12-20-16-7-6-14-3-1-2-4-15(14)10-16/h1-11,20,24H,12H2,(H,22,25)/b21-11-. The number of nitrogens with zero attached hydrogens (tertiary/aromatic N) is 2. The van der Waals surface area contributed by atoms with E-state index in [4.69, 9.17) is 0 Å². The molecular weight excluding hydrogens is 348 g/mol. The third-order valence-corrected chi connectivity index (χ3v) is 3.80. The van der Waals surface area contributed by atoms with Crippen LogP contribution in [0.15, 0.2) is 65.8 Å². The van der Waals surface area contributed by atoms with Crippen molar-refractivity contribution in [2.45, 2.75) is 0 Å². The maximum absolute atomic E-state index is 11.9. The van der Waals surface area contributed by atoms with Crippen LogP contribution >= 0.6 is 0 Å². The minimum atomic E-state index is -0.684. The van der Waals surface area contributed by atoms with Crippen molar-refractivity contribution in [1.82, 2.24) is 5.43 Å². The second kappa shape index (κ2) is 7.96. The fourth-order valence-corrected chi connectivity index (χ4v) is 2.48. The van der Waals surface area contributed by atoms with Crippen LogP contribution in [-0.2, 0) is 4.79 Å². The number of fused-ring (bicyclic) bond motifs is 1. The van der Waals surface area contributed by atoms with Crippen molar-refractivity contribution in [2.75, 3.05) is 11.9 Å². The fourth-order valence-electron chi connectivity index (χ4n) is 2.48. The van der Waals surface area contributed by atoms with E-state index in [1.807, 2.05) is 42.5 Å². The lowest BCUT2D eigenvalue weighted by atomic mass is 10.1. The number of benzene rings is 3. The molecule has 0 fully saturated rings. The number of phenolic OH excluding ortho intramolecular Hbond substituents is 1. The number of nitro groups is 1. The molecule has 3 N–H and O–H groups in total. The number of hydrazone groups is 1. The van der Waals surface area contributed by atoms with Gasteiger partial charge in [0.2, 0.25) is 0 Å². The van der Waals surface area contributed by atoms with Crippen LogP contribution in [0.3, 0.4) is 0 Å². The van der Waals surface area contributed by atoms with E-state index >= 15 is 0 Å². The van der Waals surface area contributed by atoms with Crippen LogP contribution < -0.4 is 10.7 Å². The topological polar surface area (TPSA) is 117 Å². The van der Waals surface area contributed by atoms with Gasteiger partial charge in [-0.3, -0.25) is 14.9 Å². The van der Waals surface area contributed by atoms with Gasteiger partial charge in [-0.25, -0.2) is 5.43 Å². The quantitative estimate of drug-likeness (QED) is 0.353. The molecule has 0 unspecified atom stereocenters. The Morgan fingerprint density at radius 3 is 2.63 bits per heavy atom. The highest BCUT2D eigenvalue weighted by Crippen LogP contribution is 2.25. The maximum atomic E-state index is 11.9. The van der Waals surface area contributed by atoms with Gasteiger partial charge >= 0.3 is 5.69 Å². The van der Waals surface area contributed by atoms with Crippen LogP contribution in [-0.4, -0.2) is 28.7 Å². The summed E-state index contributed by atoms with van der Waals surface area (Å²) in [6.07, 6.45) is 1.29. The van der Waals surface area contributed by atoms with Crippen molar-refractivity contribution < 1.29 is 14.8 Å². The second-order valence-electron chi connectivity index (χ2n) is 5.71. The molecule has 27 heavy (non-hydrogen) atoms. The maximum Gasteiger partial charge on any atom is 0.310 e. The summed E-state index contributed by atoms with van der Waals surface area (Å²) in [7, 11) is 0. The van der Waals surface area contributed by atoms with E-state index in [1.54, 1.807) is 0 Å². The van der Waals surface area contributed by atoms with E-state index in [9.17, 15) is 20.0 Å². The average molecular weight is 364 g/mol. The lowest BCUT2D eigenvalue weighted by Crippen LogP contribution is -2.25. The highest BCUT2D eigenvalue weighted by Gasteiger charge is 2.12. The lowest BCUT2D eigenvalue weighted by molar-refractivity contribution is -0.385. The third-order valence-electron chi connectivity index (χ3n) is 3.80. The molecule has 3 aromatic rings. The molecule has 0 aliphatic rings. The van der Waals surface area contributed by atoms with Crippen LogP contribution in [0.25, 0.3) is 10.8 Å². The van der Waals surface area contributed by atoms with Gasteiger partial charge in [0.1, 0.15) is 0 Å². The number of anilines is 1. The Bertz CT molecular complexity index is 1030. The Hall–Kier alpha value is -3.94. The molecule has 3 aromatic carbocycles. The highest BCUT2D eigenvalue weighted by atomic mass is 16.6. The van der Waals surface area contributed by atoms with Crippen LogP contribution in [0.2, 0.25) is 0 Å². The first-order valence-corrected chi connectivity index (χ1v) is 8.05. The zero-order valence-electron chi connectivity index (χ0n) is 14.1. The van der Waals surface area contributed by atoms with E-state index in [-0.39, 0.29) is 12.5 Å². The predicted molar refractivity (Wildman–Crippen MR) is 103 cm³/mol. The van der Waals surface area contributed by atoms with Crippen LogP contribution in [0.5, 0.6) is 5.75 Å². The first-order valence-electron chi connectivity index (χ1n) is 8.05. The summed E-state index contributed by atoms with van der Waals surface area (Å²) in [5.41, 5.74) is 3.19. The van der Waals surface area contributed by atoms with E-state index in [0.717, 1.165) is 16.5 Å². The molecule has 0 spiro atoms. The smallest absolute Gasteiger partial charge is 0.310 e. The molecule has 0 radical (unpaired) electrons. The average Bonchev–Trinajstić information content (AvgIpc) is 2.66. The SMILES string of the molecule is O=C(CNc1ccc2ccccc2c1)N/N=C\c1ccc([N+](=O)[O-])c(O)c1. The van der Waals surface area contributed by atoms with Gasteiger partial charge in [-0.1, -0.05) is 30.3 Å². The van der Waals surface area contributed by atoms with E-state index < -0.39 is 16.4 Å². The Kier molecular flexibility index (Phi) is 5.27. The molecule has 136 valence electrons. The molecule has 0 saturated carbocycles. The van der Waals surface area contributed by atoms with Gasteiger partial charge in [0.15, 0.2) is 5.75 Å². The van der Waals surface area contributed by atoms with Gasteiger partial charge in [0.05, 0.1) is 17.7 Å². The zero-order valence-corrected chi connectivity index (χ0v) is 14.1. The summed E-state index contributed by atoms with van der Waals surface area (Å²) in [4.78, 5) is 21.8. The van der Waals surface area contributed by atoms with Crippen molar-refractivity contribution >= 4 is 34.3 Å². The molecule has 8 nitrogen and oxygen atoms in total. The summed E-state index contributed by atoms with van der Waals surface area (Å²) < 4.78 is 0. The van der Waals surface area contributed by atoms with Gasteiger partial charge in [-0.15, -0.1) is 0 Å². The van der Waals surface area contributed by atoms with Gasteiger partial charge in [0, 0.05) is 11.8 Å². The summed E-state index contributed by atoms with van der Waals surface area (Å²) >= 11 is 0. The van der Waals surface area contributed by atoms with Gasteiger partial charge in [0.25, 0.3) is 5.91 Å². The number of nitrogens with one attached hydrogen (secondary N) is 2. The molecule has 3 rings (SSSR count). The number of rotatable bonds is 6. The van der Waals surface area contributed by atoms with Crippen molar-refractivity contribution in [2.24, 2.45) is 5.10 Å². The van der Waals surface area contributed by atoms with Gasteiger partial charge in [-0.2, -0.15) is 5.10 Å². The van der Waals surface area contributed by atoms with Crippen LogP contribution in [0.4, 0.5) is 11.4 Å². The third kappa shape index (κ3) is 4.57. The molecule has 0 bridgehead atoms. The molecule has 0 saturated heterocycles. The lowest BCUT2D eigenvalue weighted by Gasteiger charge is -2.06. The Balaban J connectivity index is 1.53. The minimum absolute atomic E-state index is 0.0290. The Morgan fingerprint density at radius 2 is 1.89 bits per heavy atom. The number of hydrogen-bond acceptors (Lipinski definition) is 6. The molecule has 0 aliphatic heterocycles. The van der Waals surface area contributed by atoms with Crippen molar-refractivity contribution in [3.8, 4) is 5.75 Å². The van der Waals surface area contributed by atoms with Crippen LogP contribution in [0, 0.1) is 10.1 Å². The normalized spacial score (nSPS) is 10.8. The molecule has 0 heterocycles. The molecular formula is C19H16N4O4. The Morgan fingerprint density at radius 1 is 1.11 bits per heavy atom. The first kappa shape index (κ1) is 17.9. The van der Waals surface area contributed by atoms with Gasteiger partial charge < -0.3 is 10.4 Å². The summed E-state index contributed by atoms with van der Waals surface area (Å²) in [6, 6.07) is 17.5. The van der Waals surface area contributed by atoms with Crippen molar-refractivity contribution in [3.63, 3.8) is 0 Å². The minimum Gasteiger partial charge on any atom is -0.502 e. The number of aromatic hydroxyl groups is 1. The molecule has 0 aromatic heterocycles. The number of carbonyl (C=O) groups excluding carboxylic acids is 1. The Labute approximate surface area is 154 Å². The summed E-state index contributed by atoms with van der Waals surface area (Å²) in [6.45, 7) is 0.0290. The number of amides is 1. The zero-order chi connectivity index (χ0) is 19.2. The van der Waals surface area contributed by atoms with Crippen LogP contribution in [0.1, 0.15) is 5.56 Å². The summed E-state index contributed by atoms with van der Waals surface area (Å²) in [5.74, 6) is -0.821. The second-order valence-corrected chi connectivity index (χ2v) is 5.71. The van der Waals surface area contributed by atoms with Crippen molar-refractivity contribution in [3.05, 3.63) is 76.3 Å². The highest BCUT2D eigenvalue weighted by molar-refractivity contribution is 5.87. The predicted octanol–water partition coefficient (Wildman–Crippen LogP) is 3.02. The van der Waals surface area contributed by atoms with E-state index in [2.05, 4.69) is 15.8 Å². The molecule has 0 atom stereocenters. The molecule has 8 heteroatoms. The number of carbonyl (C=O) groups is 1.